The molecule has 0 aliphatic carbocycles. The molecule has 0 atom stereocenters. The molecule has 0 amide bonds. The number of nitrogens with zero attached hydrogens (tertiary/aromatic N) is 1. The summed E-state index contributed by atoms with van der Waals surface area (Å²) in [6, 6.07) is 0. The van der Waals surface area contributed by atoms with Gasteiger partial charge in [-0.05, 0) is 19.3 Å². The maximum absolute atomic E-state index is 8.29. The Hall–Kier alpha value is -0.810. The number of hydrogen-bond acceptors (Lipinski definition) is 4. The molecule has 0 aromatic rings. The summed E-state index contributed by atoms with van der Waals surface area (Å²) < 4.78 is 10.7. The maximum atomic E-state index is 8.29. The lowest BCUT2D eigenvalue weighted by atomic mass is 10.2. The molecule has 0 radical (unpaired) electrons. The van der Waals surface area contributed by atoms with Gasteiger partial charge in [0.15, 0.2) is 0 Å². The first-order chi connectivity index (χ1) is 7.81. The molecule has 0 aliphatic rings. The first-order valence-electron chi connectivity index (χ1n) is 5.93. The molecule has 0 fully saturated rings. The van der Waals surface area contributed by atoms with Crippen molar-refractivity contribution < 1.29 is 14.7 Å². The highest BCUT2D eigenvalue weighted by Crippen LogP contribution is 1.96. The van der Waals surface area contributed by atoms with Gasteiger partial charge in [-0.25, -0.2) is 0 Å². The molecule has 0 spiro atoms. The number of hydrogen-bond donors (Lipinski definition) is 2. The summed E-state index contributed by atoms with van der Waals surface area (Å²) >= 11 is 0. The zero-order chi connectivity index (χ0) is 12.1. The van der Waals surface area contributed by atoms with Crippen LogP contribution in [0.2, 0.25) is 0 Å². The molecule has 16 heavy (non-hydrogen) atoms. The summed E-state index contributed by atoms with van der Waals surface area (Å²) in [7, 11) is 0. The first kappa shape index (κ1) is 15.2. The summed E-state index contributed by atoms with van der Waals surface area (Å²) in [6.07, 6.45) is 4.69. The smallest absolute Gasteiger partial charge is 0.139 e. The predicted molar refractivity (Wildman–Crippen MR) is 63.8 cm³/mol. The highest BCUT2D eigenvalue weighted by molar-refractivity contribution is 5.79. The Bertz CT molecular complexity index is 175. The molecule has 5 nitrogen and oxygen atoms in total. The maximum Gasteiger partial charge on any atom is 0.139 e. The van der Waals surface area contributed by atoms with Crippen molar-refractivity contribution in [3.8, 4) is 0 Å². The van der Waals surface area contributed by atoms with Gasteiger partial charge in [0.05, 0.1) is 13.2 Å². The molecule has 0 unspecified atom stereocenters. The normalized spacial score (nSPS) is 11.9. The molecule has 96 valence electrons. The van der Waals surface area contributed by atoms with Crippen LogP contribution in [0.1, 0.15) is 39.0 Å². The van der Waals surface area contributed by atoms with E-state index in [1.165, 1.54) is 0 Å². The Kier molecular flexibility index (Phi) is 11.6. The molecule has 0 bridgehead atoms. The molecule has 0 rings (SSSR count). The summed E-state index contributed by atoms with van der Waals surface area (Å²) in [5.74, 6) is 0.280. The van der Waals surface area contributed by atoms with Crippen molar-refractivity contribution >= 4 is 5.84 Å². The Morgan fingerprint density at radius 3 is 2.25 bits per heavy atom. The van der Waals surface area contributed by atoms with E-state index < -0.39 is 0 Å². The fourth-order valence-electron chi connectivity index (χ4n) is 1.13. The predicted octanol–water partition coefficient (Wildman–Crippen LogP) is 1.74. The van der Waals surface area contributed by atoms with E-state index in [0.717, 1.165) is 32.3 Å². The summed E-state index contributed by atoms with van der Waals surface area (Å²) in [5, 5.41) is 11.2. The van der Waals surface area contributed by atoms with Gasteiger partial charge in [0.25, 0.3) is 0 Å². The first-order valence-corrected chi connectivity index (χ1v) is 5.93. The number of amidine groups is 1. The SMILES string of the molecule is CCCCOCCOCCCCC(N)=NO. The van der Waals surface area contributed by atoms with Crippen LogP contribution in [-0.4, -0.2) is 37.5 Å². The molecule has 0 aliphatic heterocycles. The lowest BCUT2D eigenvalue weighted by Gasteiger charge is -2.05. The van der Waals surface area contributed by atoms with Crippen LogP contribution in [0.4, 0.5) is 0 Å². The highest BCUT2D eigenvalue weighted by Gasteiger charge is 1.94. The number of ether oxygens (including phenoxy) is 2. The van der Waals surface area contributed by atoms with Crippen LogP contribution >= 0.6 is 0 Å². The molecule has 0 saturated carbocycles. The van der Waals surface area contributed by atoms with Crippen LogP contribution in [0.5, 0.6) is 0 Å². The molecule has 5 heteroatoms. The summed E-state index contributed by atoms with van der Waals surface area (Å²) in [5.41, 5.74) is 5.32. The molecule has 0 heterocycles. The van der Waals surface area contributed by atoms with Crippen molar-refractivity contribution in [2.45, 2.75) is 39.0 Å². The van der Waals surface area contributed by atoms with E-state index in [1.807, 2.05) is 0 Å². The second-order valence-corrected chi connectivity index (χ2v) is 3.63. The van der Waals surface area contributed by atoms with Gasteiger partial charge in [-0.1, -0.05) is 18.5 Å². The minimum Gasteiger partial charge on any atom is -0.409 e. The average Bonchev–Trinajstić information content (AvgIpc) is 2.31. The van der Waals surface area contributed by atoms with Crippen LogP contribution in [0.25, 0.3) is 0 Å². The number of unbranched alkanes of at least 4 members (excludes halogenated alkanes) is 2. The van der Waals surface area contributed by atoms with E-state index in [9.17, 15) is 0 Å². The molecule has 0 aromatic carbocycles. The van der Waals surface area contributed by atoms with E-state index in [1.54, 1.807) is 0 Å². The standard InChI is InChI=1S/C11H24N2O3/c1-2-3-7-15-9-10-16-8-5-4-6-11(12)13-14/h14H,2-10H2,1H3,(H2,12,13). The van der Waals surface area contributed by atoms with Gasteiger partial charge < -0.3 is 20.4 Å². The Morgan fingerprint density at radius 1 is 1.06 bits per heavy atom. The minimum atomic E-state index is 0.280. The zero-order valence-electron chi connectivity index (χ0n) is 10.2. The average molecular weight is 232 g/mol. The van der Waals surface area contributed by atoms with Crippen molar-refractivity contribution in [3.05, 3.63) is 0 Å². The summed E-state index contributed by atoms with van der Waals surface area (Å²) in [6.45, 7) is 4.98. The number of oxime groups is 1. The fourth-order valence-corrected chi connectivity index (χ4v) is 1.13. The molecule has 3 N–H and O–H groups in total. The largest absolute Gasteiger partial charge is 0.409 e. The third kappa shape index (κ3) is 11.3. The topological polar surface area (TPSA) is 77.1 Å². The Balaban J connectivity index is 2.99. The van der Waals surface area contributed by atoms with Gasteiger partial charge in [-0.2, -0.15) is 0 Å². The zero-order valence-corrected chi connectivity index (χ0v) is 10.2. The van der Waals surface area contributed by atoms with E-state index in [-0.39, 0.29) is 5.84 Å². The quantitative estimate of drug-likeness (QED) is 0.187. The third-order valence-electron chi connectivity index (χ3n) is 2.11. The molecule has 0 aromatic heterocycles. The van der Waals surface area contributed by atoms with E-state index in [4.69, 9.17) is 20.4 Å². The fraction of sp³-hybridized carbons (Fsp3) is 0.909. The number of rotatable bonds is 11. The van der Waals surface area contributed by atoms with Crippen LogP contribution in [0, 0.1) is 0 Å². The molecule has 0 saturated heterocycles. The van der Waals surface area contributed by atoms with Gasteiger partial charge >= 0.3 is 0 Å². The third-order valence-corrected chi connectivity index (χ3v) is 2.11. The second kappa shape index (κ2) is 12.3. The van der Waals surface area contributed by atoms with Crippen LogP contribution in [0.3, 0.4) is 0 Å². The van der Waals surface area contributed by atoms with Crippen molar-refractivity contribution in [1.29, 1.82) is 0 Å². The van der Waals surface area contributed by atoms with Crippen LogP contribution in [0.15, 0.2) is 5.16 Å². The monoisotopic (exact) mass is 232 g/mol. The molecular weight excluding hydrogens is 208 g/mol. The molecular formula is C11H24N2O3. The van der Waals surface area contributed by atoms with Crippen molar-refractivity contribution in [1.82, 2.24) is 0 Å². The van der Waals surface area contributed by atoms with E-state index in [0.29, 0.717) is 26.2 Å². The highest BCUT2D eigenvalue weighted by atomic mass is 16.5. The van der Waals surface area contributed by atoms with E-state index in [2.05, 4.69) is 12.1 Å². The van der Waals surface area contributed by atoms with Crippen molar-refractivity contribution in [3.63, 3.8) is 0 Å². The minimum absolute atomic E-state index is 0.280. The van der Waals surface area contributed by atoms with Crippen LogP contribution in [-0.2, 0) is 9.47 Å². The van der Waals surface area contributed by atoms with Crippen molar-refractivity contribution in [2.75, 3.05) is 26.4 Å². The second-order valence-electron chi connectivity index (χ2n) is 3.63. The van der Waals surface area contributed by atoms with Crippen molar-refractivity contribution in [2.24, 2.45) is 10.9 Å². The van der Waals surface area contributed by atoms with E-state index >= 15 is 0 Å². The van der Waals surface area contributed by atoms with Gasteiger partial charge in [-0.3, -0.25) is 0 Å². The lowest BCUT2D eigenvalue weighted by Crippen LogP contribution is -2.11. The number of nitrogens with two attached hydrogens (primary N) is 1. The Labute approximate surface area is 97.6 Å². The lowest BCUT2D eigenvalue weighted by molar-refractivity contribution is 0.0455. The van der Waals surface area contributed by atoms with Gasteiger partial charge in [0.1, 0.15) is 5.84 Å². The Morgan fingerprint density at radius 2 is 1.69 bits per heavy atom. The van der Waals surface area contributed by atoms with Crippen LogP contribution < -0.4 is 5.73 Å². The van der Waals surface area contributed by atoms with Gasteiger partial charge in [0, 0.05) is 19.6 Å². The summed E-state index contributed by atoms with van der Waals surface area (Å²) in [4.78, 5) is 0. The van der Waals surface area contributed by atoms with Gasteiger partial charge in [-0.15, -0.1) is 0 Å². The van der Waals surface area contributed by atoms with Gasteiger partial charge in [0.2, 0.25) is 0 Å².